The maximum absolute atomic E-state index is 6.21. The molecular weight excluding hydrogens is 270 g/mol. The molecule has 2 aromatic rings. The van der Waals surface area contributed by atoms with Gasteiger partial charge in [0.15, 0.2) is 0 Å². The fraction of sp³-hybridized carbons (Fsp3) is 0.294. The normalized spacial score (nSPS) is 10.3. The van der Waals surface area contributed by atoms with Gasteiger partial charge in [0.1, 0.15) is 5.75 Å². The van der Waals surface area contributed by atoms with Crippen LogP contribution in [0.2, 0.25) is 5.02 Å². The summed E-state index contributed by atoms with van der Waals surface area (Å²) in [7, 11) is 0. The van der Waals surface area contributed by atoms with Crippen molar-refractivity contribution >= 4 is 17.3 Å². The van der Waals surface area contributed by atoms with E-state index in [1.165, 1.54) is 5.56 Å². The number of aryl methyl sites for hydroxylation is 1. The van der Waals surface area contributed by atoms with Crippen LogP contribution in [0.3, 0.4) is 0 Å². The number of hydrogen-bond donors (Lipinski definition) is 1. The van der Waals surface area contributed by atoms with Gasteiger partial charge in [0.05, 0.1) is 11.6 Å². The Hall–Kier alpha value is -1.67. The Bertz CT molecular complexity index is 551. The molecule has 1 N–H and O–H groups in total. The Morgan fingerprint density at radius 1 is 1.10 bits per heavy atom. The van der Waals surface area contributed by atoms with Crippen molar-refractivity contribution in [2.24, 2.45) is 0 Å². The lowest BCUT2D eigenvalue weighted by Crippen LogP contribution is -2.00. The number of benzene rings is 2. The van der Waals surface area contributed by atoms with Crippen molar-refractivity contribution in [2.45, 2.75) is 26.8 Å². The Kier molecular flexibility index (Phi) is 5.31. The van der Waals surface area contributed by atoms with Crippen molar-refractivity contribution in [3.63, 3.8) is 0 Å². The highest BCUT2D eigenvalue weighted by molar-refractivity contribution is 6.32. The minimum absolute atomic E-state index is 0.668. The van der Waals surface area contributed by atoms with E-state index in [2.05, 4.69) is 43.4 Å². The third-order valence-electron chi connectivity index (χ3n) is 3.01. The van der Waals surface area contributed by atoms with Crippen LogP contribution in [0.5, 0.6) is 5.75 Å². The zero-order chi connectivity index (χ0) is 14.4. The second kappa shape index (κ2) is 7.20. The van der Waals surface area contributed by atoms with Crippen molar-refractivity contribution in [3.05, 3.63) is 58.6 Å². The highest BCUT2D eigenvalue weighted by Crippen LogP contribution is 2.26. The van der Waals surface area contributed by atoms with Crippen LogP contribution in [0.15, 0.2) is 42.5 Å². The van der Waals surface area contributed by atoms with Crippen LogP contribution in [0.1, 0.15) is 24.5 Å². The first-order valence-corrected chi connectivity index (χ1v) is 7.28. The van der Waals surface area contributed by atoms with Crippen molar-refractivity contribution < 1.29 is 4.74 Å². The molecule has 106 valence electrons. The highest BCUT2D eigenvalue weighted by Gasteiger charge is 2.03. The predicted octanol–water partition coefficient (Wildman–Crippen LogP) is 5.05. The van der Waals surface area contributed by atoms with Gasteiger partial charge in [-0.1, -0.05) is 42.3 Å². The lowest BCUT2D eigenvalue weighted by molar-refractivity contribution is 0.317. The van der Waals surface area contributed by atoms with Gasteiger partial charge < -0.3 is 10.1 Å². The molecule has 0 heterocycles. The SMILES string of the molecule is CCCOc1ccc(CNc2ccc(C)cc2)cc1Cl. The summed E-state index contributed by atoms with van der Waals surface area (Å²) in [5.41, 5.74) is 3.51. The summed E-state index contributed by atoms with van der Waals surface area (Å²) in [6.45, 7) is 5.60. The van der Waals surface area contributed by atoms with E-state index < -0.39 is 0 Å². The lowest BCUT2D eigenvalue weighted by Gasteiger charge is -2.10. The molecule has 3 heteroatoms. The zero-order valence-corrected chi connectivity index (χ0v) is 12.7. The van der Waals surface area contributed by atoms with E-state index in [4.69, 9.17) is 16.3 Å². The first kappa shape index (κ1) is 14.7. The van der Waals surface area contributed by atoms with Crippen molar-refractivity contribution in [2.75, 3.05) is 11.9 Å². The summed E-state index contributed by atoms with van der Waals surface area (Å²) in [4.78, 5) is 0. The van der Waals surface area contributed by atoms with Crippen molar-refractivity contribution in [1.29, 1.82) is 0 Å². The molecule has 0 amide bonds. The molecule has 2 rings (SSSR count). The maximum Gasteiger partial charge on any atom is 0.137 e. The summed E-state index contributed by atoms with van der Waals surface area (Å²) in [6.07, 6.45) is 0.979. The fourth-order valence-corrected chi connectivity index (χ4v) is 2.12. The van der Waals surface area contributed by atoms with E-state index in [-0.39, 0.29) is 0 Å². The molecule has 0 spiro atoms. The topological polar surface area (TPSA) is 21.3 Å². The Labute approximate surface area is 125 Å². The van der Waals surface area contributed by atoms with Gasteiger partial charge in [0, 0.05) is 12.2 Å². The summed E-state index contributed by atoms with van der Waals surface area (Å²) in [6, 6.07) is 14.3. The minimum Gasteiger partial charge on any atom is -0.492 e. The van der Waals surface area contributed by atoms with E-state index in [9.17, 15) is 0 Å². The molecule has 0 fully saturated rings. The summed E-state index contributed by atoms with van der Waals surface area (Å²) in [5, 5.41) is 4.05. The third kappa shape index (κ3) is 4.17. The van der Waals surface area contributed by atoms with E-state index in [0.29, 0.717) is 11.6 Å². The van der Waals surface area contributed by atoms with Gasteiger partial charge in [-0.2, -0.15) is 0 Å². The van der Waals surface area contributed by atoms with Crippen LogP contribution >= 0.6 is 11.6 Å². The first-order chi connectivity index (χ1) is 9.69. The van der Waals surface area contributed by atoms with Gasteiger partial charge in [0.25, 0.3) is 0 Å². The van der Waals surface area contributed by atoms with Crippen molar-refractivity contribution in [1.82, 2.24) is 0 Å². The largest absolute Gasteiger partial charge is 0.492 e. The van der Waals surface area contributed by atoms with Crippen LogP contribution in [0.4, 0.5) is 5.69 Å². The molecule has 0 aliphatic heterocycles. The predicted molar refractivity (Wildman–Crippen MR) is 85.7 cm³/mol. The number of nitrogens with one attached hydrogen (secondary N) is 1. The fourth-order valence-electron chi connectivity index (χ4n) is 1.86. The van der Waals surface area contributed by atoms with Gasteiger partial charge in [-0.25, -0.2) is 0 Å². The molecule has 0 saturated heterocycles. The second-order valence-electron chi connectivity index (χ2n) is 4.83. The molecule has 0 aromatic heterocycles. The van der Waals surface area contributed by atoms with Crippen LogP contribution in [-0.4, -0.2) is 6.61 Å². The first-order valence-electron chi connectivity index (χ1n) is 6.91. The molecule has 20 heavy (non-hydrogen) atoms. The standard InChI is InChI=1S/C17H20ClNO/c1-3-10-20-17-9-6-14(11-16(17)18)12-19-15-7-4-13(2)5-8-15/h4-9,11,19H,3,10,12H2,1-2H3. The van der Waals surface area contributed by atoms with Crippen LogP contribution < -0.4 is 10.1 Å². The molecule has 0 unspecified atom stereocenters. The molecule has 0 bridgehead atoms. The van der Waals surface area contributed by atoms with E-state index in [1.54, 1.807) is 0 Å². The molecule has 0 aliphatic carbocycles. The van der Waals surface area contributed by atoms with Gasteiger partial charge in [0.2, 0.25) is 0 Å². The van der Waals surface area contributed by atoms with Crippen LogP contribution in [0, 0.1) is 6.92 Å². The Balaban J connectivity index is 1.96. The molecule has 0 saturated carbocycles. The summed E-state index contributed by atoms with van der Waals surface area (Å²) < 4.78 is 5.56. The van der Waals surface area contributed by atoms with E-state index in [1.807, 2.05) is 18.2 Å². The molecule has 2 nitrogen and oxygen atoms in total. The minimum atomic E-state index is 0.668. The lowest BCUT2D eigenvalue weighted by atomic mass is 10.2. The average Bonchev–Trinajstić information content (AvgIpc) is 2.46. The molecule has 0 aliphatic rings. The maximum atomic E-state index is 6.21. The molecular formula is C17H20ClNO. The van der Waals surface area contributed by atoms with Crippen LogP contribution in [-0.2, 0) is 6.54 Å². The van der Waals surface area contributed by atoms with Gasteiger partial charge in [-0.05, 0) is 43.2 Å². The molecule has 0 radical (unpaired) electrons. The smallest absolute Gasteiger partial charge is 0.137 e. The highest BCUT2D eigenvalue weighted by atomic mass is 35.5. The van der Waals surface area contributed by atoms with Gasteiger partial charge >= 0.3 is 0 Å². The van der Waals surface area contributed by atoms with Crippen LogP contribution in [0.25, 0.3) is 0 Å². The van der Waals surface area contributed by atoms with E-state index >= 15 is 0 Å². The Morgan fingerprint density at radius 2 is 1.85 bits per heavy atom. The number of anilines is 1. The van der Waals surface area contributed by atoms with Gasteiger partial charge in [-0.15, -0.1) is 0 Å². The number of hydrogen-bond acceptors (Lipinski definition) is 2. The molecule has 0 atom stereocenters. The number of ether oxygens (including phenoxy) is 1. The monoisotopic (exact) mass is 289 g/mol. The second-order valence-corrected chi connectivity index (χ2v) is 5.24. The quantitative estimate of drug-likeness (QED) is 0.803. The summed E-state index contributed by atoms with van der Waals surface area (Å²) >= 11 is 6.21. The zero-order valence-electron chi connectivity index (χ0n) is 11.9. The summed E-state index contributed by atoms with van der Waals surface area (Å²) in [5.74, 6) is 0.757. The third-order valence-corrected chi connectivity index (χ3v) is 3.30. The van der Waals surface area contributed by atoms with Crippen molar-refractivity contribution in [3.8, 4) is 5.75 Å². The Morgan fingerprint density at radius 3 is 2.50 bits per heavy atom. The number of rotatable bonds is 6. The number of halogens is 1. The molecule has 2 aromatic carbocycles. The van der Waals surface area contributed by atoms with Gasteiger partial charge in [-0.3, -0.25) is 0 Å². The van der Waals surface area contributed by atoms with E-state index in [0.717, 1.165) is 30.0 Å². The average molecular weight is 290 g/mol.